The lowest BCUT2D eigenvalue weighted by atomic mass is 10.0. The third-order valence-electron chi connectivity index (χ3n) is 4.97. The van der Waals surface area contributed by atoms with Crippen LogP contribution in [0.5, 0.6) is 0 Å². The molecule has 3 aliphatic heterocycles. The van der Waals surface area contributed by atoms with Crippen LogP contribution in [-0.4, -0.2) is 73.5 Å². The number of likely N-dealkylation sites (tertiary alicyclic amines) is 2. The number of ether oxygens (including phenoxy) is 1. The van der Waals surface area contributed by atoms with Crippen LogP contribution in [0.3, 0.4) is 0 Å². The van der Waals surface area contributed by atoms with Crippen molar-refractivity contribution in [3.8, 4) is 11.8 Å². The molecule has 3 saturated heterocycles. The standard InChI is InChI=1S/C17H23N3O4/c1-18-17(23)13-8-16(22)20(9-13)14-10-19(11-14)15(21)3-2-12-4-6-24-7-5-12/h12-14H,4-11H2,1H3,(H,18,23). The largest absolute Gasteiger partial charge is 0.381 e. The van der Waals surface area contributed by atoms with E-state index in [1.54, 1.807) is 16.8 Å². The van der Waals surface area contributed by atoms with Gasteiger partial charge < -0.3 is 19.9 Å². The molecular weight excluding hydrogens is 310 g/mol. The Labute approximate surface area is 141 Å². The predicted molar refractivity (Wildman–Crippen MR) is 85.6 cm³/mol. The quantitative estimate of drug-likeness (QED) is 0.673. The molecule has 0 radical (unpaired) electrons. The van der Waals surface area contributed by atoms with Gasteiger partial charge in [0.25, 0.3) is 5.91 Å². The maximum atomic E-state index is 12.1. The number of rotatable bonds is 2. The van der Waals surface area contributed by atoms with Gasteiger partial charge in [-0.05, 0) is 18.8 Å². The van der Waals surface area contributed by atoms with Crippen LogP contribution < -0.4 is 5.32 Å². The Bertz CT molecular complexity index is 582. The molecule has 7 heteroatoms. The summed E-state index contributed by atoms with van der Waals surface area (Å²) >= 11 is 0. The lowest BCUT2D eigenvalue weighted by Crippen LogP contribution is -2.61. The van der Waals surface area contributed by atoms with Crippen molar-refractivity contribution in [3.05, 3.63) is 0 Å². The van der Waals surface area contributed by atoms with Gasteiger partial charge in [-0.3, -0.25) is 14.4 Å². The monoisotopic (exact) mass is 333 g/mol. The summed E-state index contributed by atoms with van der Waals surface area (Å²) < 4.78 is 5.27. The van der Waals surface area contributed by atoms with Gasteiger partial charge in [0.2, 0.25) is 11.8 Å². The SMILES string of the molecule is CNC(=O)C1CC(=O)N(C2CN(C(=O)C#CC3CCOCC3)C2)C1. The second-order valence-corrected chi connectivity index (χ2v) is 6.58. The fourth-order valence-corrected chi connectivity index (χ4v) is 3.37. The van der Waals surface area contributed by atoms with E-state index in [2.05, 4.69) is 17.2 Å². The first-order valence-corrected chi connectivity index (χ1v) is 8.47. The lowest BCUT2D eigenvalue weighted by Gasteiger charge is -2.43. The topological polar surface area (TPSA) is 79.0 Å². The van der Waals surface area contributed by atoms with Gasteiger partial charge in [-0.25, -0.2) is 0 Å². The fourth-order valence-electron chi connectivity index (χ4n) is 3.37. The Balaban J connectivity index is 1.47. The highest BCUT2D eigenvalue weighted by Gasteiger charge is 2.43. The van der Waals surface area contributed by atoms with E-state index in [1.807, 2.05) is 0 Å². The van der Waals surface area contributed by atoms with Gasteiger partial charge in [0.15, 0.2) is 0 Å². The zero-order chi connectivity index (χ0) is 17.1. The van der Waals surface area contributed by atoms with Crippen LogP contribution >= 0.6 is 0 Å². The van der Waals surface area contributed by atoms with Crippen LogP contribution in [0.25, 0.3) is 0 Å². The van der Waals surface area contributed by atoms with E-state index in [0.29, 0.717) is 32.8 Å². The minimum Gasteiger partial charge on any atom is -0.381 e. The second kappa shape index (κ2) is 7.22. The van der Waals surface area contributed by atoms with E-state index in [0.717, 1.165) is 12.8 Å². The van der Waals surface area contributed by atoms with Crippen LogP contribution in [0.1, 0.15) is 19.3 Å². The Kier molecular flexibility index (Phi) is 5.05. The van der Waals surface area contributed by atoms with Crippen LogP contribution in [-0.2, 0) is 19.1 Å². The Morgan fingerprint density at radius 2 is 1.92 bits per heavy atom. The van der Waals surface area contributed by atoms with E-state index < -0.39 is 0 Å². The molecular formula is C17H23N3O4. The van der Waals surface area contributed by atoms with E-state index in [4.69, 9.17) is 4.74 Å². The van der Waals surface area contributed by atoms with Crippen LogP contribution in [0, 0.1) is 23.7 Å². The normalized spacial score (nSPS) is 25.0. The molecule has 24 heavy (non-hydrogen) atoms. The number of nitrogens with zero attached hydrogens (tertiary/aromatic N) is 2. The molecule has 1 unspecified atom stereocenters. The maximum Gasteiger partial charge on any atom is 0.298 e. The van der Waals surface area contributed by atoms with Gasteiger partial charge in [-0.1, -0.05) is 5.92 Å². The molecule has 7 nitrogen and oxygen atoms in total. The first kappa shape index (κ1) is 16.8. The van der Waals surface area contributed by atoms with Gasteiger partial charge in [0, 0.05) is 52.2 Å². The molecule has 1 N–H and O–H groups in total. The Morgan fingerprint density at radius 1 is 1.21 bits per heavy atom. The molecule has 3 rings (SSSR count). The summed E-state index contributed by atoms with van der Waals surface area (Å²) in [6, 6.07) is 0.0148. The summed E-state index contributed by atoms with van der Waals surface area (Å²) in [5.41, 5.74) is 0. The second-order valence-electron chi connectivity index (χ2n) is 6.58. The van der Waals surface area contributed by atoms with Gasteiger partial charge in [0.05, 0.1) is 12.0 Å². The highest BCUT2D eigenvalue weighted by molar-refractivity contribution is 5.94. The van der Waals surface area contributed by atoms with Crippen molar-refractivity contribution >= 4 is 17.7 Å². The van der Waals surface area contributed by atoms with Gasteiger partial charge in [0.1, 0.15) is 0 Å². The molecule has 3 heterocycles. The summed E-state index contributed by atoms with van der Waals surface area (Å²) in [5, 5.41) is 2.59. The minimum atomic E-state index is -0.277. The average Bonchev–Trinajstić information content (AvgIpc) is 2.93. The molecule has 1 atom stereocenters. The highest BCUT2D eigenvalue weighted by Crippen LogP contribution is 2.25. The van der Waals surface area contributed by atoms with Crippen molar-refractivity contribution < 1.29 is 19.1 Å². The Hall–Kier alpha value is -2.07. The molecule has 0 aromatic carbocycles. The van der Waals surface area contributed by atoms with Crippen molar-refractivity contribution in [2.75, 3.05) is 39.9 Å². The summed E-state index contributed by atoms with van der Waals surface area (Å²) in [5.74, 6) is 5.46. The summed E-state index contributed by atoms with van der Waals surface area (Å²) in [4.78, 5) is 39.2. The third-order valence-corrected chi connectivity index (χ3v) is 4.97. The predicted octanol–water partition coefficient (Wildman–Crippen LogP) is -0.778. The van der Waals surface area contributed by atoms with E-state index in [-0.39, 0.29) is 42.0 Å². The molecule has 3 aliphatic rings. The lowest BCUT2D eigenvalue weighted by molar-refractivity contribution is -0.140. The zero-order valence-electron chi connectivity index (χ0n) is 13.9. The molecule has 0 saturated carbocycles. The molecule has 130 valence electrons. The van der Waals surface area contributed by atoms with E-state index >= 15 is 0 Å². The van der Waals surface area contributed by atoms with Crippen LogP contribution in [0.15, 0.2) is 0 Å². The summed E-state index contributed by atoms with van der Waals surface area (Å²) in [7, 11) is 1.58. The minimum absolute atomic E-state index is 0.00557. The van der Waals surface area contributed by atoms with Gasteiger partial charge in [-0.2, -0.15) is 0 Å². The molecule has 0 aromatic rings. The molecule has 0 aliphatic carbocycles. The summed E-state index contributed by atoms with van der Waals surface area (Å²) in [6.45, 7) is 2.88. The maximum absolute atomic E-state index is 12.1. The number of carbonyl (C=O) groups is 3. The number of carbonyl (C=O) groups excluding carboxylic acids is 3. The van der Waals surface area contributed by atoms with E-state index in [9.17, 15) is 14.4 Å². The van der Waals surface area contributed by atoms with Crippen LogP contribution in [0.4, 0.5) is 0 Å². The summed E-state index contributed by atoms with van der Waals surface area (Å²) in [6.07, 6.45) is 2.02. The van der Waals surface area contributed by atoms with Crippen LogP contribution in [0.2, 0.25) is 0 Å². The van der Waals surface area contributed by atoms with Crippen molar-refractivity contribution in [2.45, 2.75) is 25.3 Å². The third kappa shape index (κ3) is 3.54. The average molecular weight is 333 g/mol. The molecule has 3 amide bonds. The number of amides is 3. The van der Waals surface area contributed by atoms with Gasteiger partial charge in [-0.15, -0.1) is 0 Å². The molecule has 0 aromatic heterocycles. The molecule has 3 fully saturated rings. The van der Waals surface area contributed by atoms with Crippen molar-refractivity contribution in [1.29, 1.82) is 0 Å². The fraction of sp³-hybridized carbons (Fsp3) is 0.706. The smallest absolute Gasteiger partial charge is 0.298 e. The van der Waals surface area contributed by atoms with Crippen molar-refractivity contribution in [3.63, 3.8) is 0 Å². The highest BCUT2D eigenvalue weighted by atomic mass is 16.5. The first-order valence-electron chi connectivity index (χ1n) is 8.47. The Morgan fingerprint density at radius 3 is 2.58 bits per heavy atom. The number of nitrogens with one attached hydrogen (secondary N) is 1. The first-order chi connectivity index (χ1) is 11.6. The molecule has 0 bridgehead atoms. The number of hydrogen-bond donors (Lipinski definition) is 1. The molecule has 0 spiro atoms. The van der Waals surface area contributed by atoms with Crippen molar-refractivity contribution in [2.24, 2.45) is 11.8 Å². The van der Waals surface area contributed by atoms with Gasteiger partial charge >= 0.3 is 0 Å². The zero-order valence-corrected chi connectivity index (χ0v) is 13.9. The van der Waals surface area contributed by atoms with E-state index in [1.165, 1.54) is 0 Å². The van der Waals surface area contributed by atoms with Crippen molar-refractivity contribution in [1.82, 2.24) is 15.1 Å². The number of hydrogen-bond acceptors (Lipinski definition) is 4.